The van der Waals surface area contributed by atoms with E-state index < -0.39 is 22.0 Å². The number of carbonyl (C=O) groups is 1. The zero-order valence-corrected chi connectivity index (χ0v) is 19.8. The van der Waals surface area contributed by atoms with Crippen LogP contribution in [0.5, 0.6) is 0 Å². The number of ether oxygens (including phenoxy) is 1. The third kappa shape index (κ3) is 4.39. The largest absolute Gasteiger partial charge is 0.445 e. The summed E-state index contributed by atoms with van der Waals surface area (Å²) in [5.41, 5.74) is 2.13. The van der Waals surface area contributed by atoms with E-state index in [9.17, 15) is 13.2 Å². The number of sulfone groups is 1. The Labute approximate surface area is 196 Å². The summed E-state index contributed by atoms with van der Waals surface area (Å²) in [5.74, 6) is 1.96. The van der Waals surface area contributed by atoms with Crippen LogP contribution in [0.15, 0.2) is 18.7 Å². The van der Waals surface area contributed by atoms with E-state index in [4.69, 9.17) is 9.72 Å². The van der Waals surface area contributed by atoms with Crippen LogP contribution in [0, 0.1) is 6.92 Å². The summed E-state index contributed by atoms with van der Waals surface area (Å²) in [5, 5.41) is 3.40. The number of fused-ring (bicyclic) bond motifs is 1. The van der Waals surface area contributed by atoms with Crippen LogP contribution in [0.4, 0.5) is 10.6 Å². The average molecular weight is 487 g/mol. The van der Waals surface area contributed by atoms with Gasteiger partial charge in [0.25, 0.3) is 0 Å². The van der Waals surface area contributed by atoms with Crippen molar-refractivity contribution in [2.45, 2.75) is 45.4 Å². The lowest BCUT2D eigenvalue weighted by molar-refractivity contribution is 0.0789. The molecule has 2 aliphatic rings. The van der Waals surface area contributed by atoms with E-state index in [0.717, 1.165) is 5.56 Å². The SMILES string of the molecule is CCn1c(-c2cnc(C)nc2)nc2c(N[C@H]3CCN(C(=O)OC4CCS(=O)(=O)C4)C3)ncnc21. The van der Waals surface area contributed by atoms with Crippen molar-refractivity contribution < 1.29 is 17.9 Å². The molecule has 0 aromatic carbocycles. The number of hydrogen-bond donors (Lipinski definition) is 1. The summed E-state index contributed by atoms with van der Waals surface area (Å²) in [6.07, 6.45) is 5.01. The highest BCUT2D eigenvalue weighted by Crippen LogP contribution is 2.27. The number of imidazole rings is 1. The van der Waals surface area contributed by atoms with Crippen molar-refractivity contribution in [2.75, 3.05) is 29.9 Å². The molecule has 0 saturated carbocycles. The Morgan fingerprint density at radius 1 is 1.21 bits per heavy atom. The molecule has 1 unspecified atom stereocenters. The number of hydrogen-bond acceptors (Lipinski definition) is 10. The van der Waals surface area contributed by atoms with Crippen LogP contribution in [0.2, 0.25) is 0 Å². The molecule has 13 heteroatoms. The van der Waals surface area contributed by atoms with Crippen LogP contribution < -0.4 is 5.32 Å². The van der Waals surface area contributed by atoms with Crippen LogP contribution in [0.3, 0.4) is 0 Å². The Hall–Kier alpha value is -3.35. The third-order valence-corrected chi connectivity index (χ3v) is 7.87. The van der Waals surface area contributed by atoms with Gasteiger partial charge in [0.1, 0.15) is 24.1 Å². The maximum atomic E-state index is 12.5. The Bertz CT molecular complexity index is 1320. The Morgan fingerprint density at radius 2 is 2.00 bits per heavy atom. The molecule has 1 N–H and O–H groups in total. The molecule has 12 nitrogen and oxygen atoms in total. The van der Waals surface area contributed by atoms with E-state index in [1.54, 1.807) is 17.3 Å². The monoisotopic (exact) mass is 486 g/mol. The minimum atomic E-state index is -3.10. The first-order chi connectivity index (χ1) is 16.3. The van der Waals surface area contributed by atoms with Gasteiger partial charge in [-0.1, -0.05) is 0 Å². The van der Waals surface area contributed by atoms with Crippen LogP contribution in [0.25, 0.3) is 22.6 Å². The maximum absolute atomic E-state index is 12.5. The number of likely N-dealkylation sites (tertiary alicyclic amines) is 1. The Morgan fingerprint density at radius 3 is 2.71 bits per heavy atom. The molecule has 5 rings (SSSR count). The standard InChI is InChI=1S/C21H26N8O4S/c1-3-29-19(14-8-22-13(2)23-9-14)27-17-18(24-12-25-20(17)29)26-15-4-6-28(10-15)21(30)33-16-5-7-34(31,32)11-16/h8-9,12,15-16H,3-7,10-11H2,1-2H3,(H,24,25,26)/t15-,16?/m0/s1. The zero-order chi connectivity index (χ0) is 23.9. The van der Waals surface area contributed by atoms with Crippen LogP contribution >= 0.6 is 0 Å². The molecule has 3 aromatic rings. The third-order valence-electron chi connectivity index (χ3n) is 6.13. The van der Waals surface area contributed by atoms with Crippen LogP contribution in [-0.2, 0) is 21.1 Å². The molecule has 34 heavy (non-hydrogen) atoms. The predicted octanol–water partition coefficient (Wildman–Crippen LogP) is 1.42. The first-order valence-electron chi connectivity index (χ1n) is 11.3. The first-order valence-corrected chi connectivity index (χ1v) is 13.1. The summed E-state index contributed by atoms with van der Waals surface area (Å²) in [4.78, 5) is 36.3. The molecule has 0 radical (unpaired) electrons. The van der Waals surface area contributed by atoms with Crippen molar-refractivity contribution in [3.8, 4) is 11.4 Å². The number of carbonyl (C=O) groups excluding carboxylic acids is 1. The van der Waals surface area contributed by atoms with Gasteiger partial charge >= 0.3 is 6.09 Å². The fourth-order valence-electron chi connectivity index (χ4n) is 4.38. The van der Waals surface area contributed by atoms with Gasteiger partial charge in [-0.25, -0.2) is 38.1 Å². The van der Waals surface area contributed by atoms with Crippen molar-refractivity contribution in [3.63, 3.8) is 0 Å². The second-order valence-electron chi connectivity index (χ2n) is 8.58. The fourth-order valence-corrected chi connectivity index (χ4v) is 5.97. The highest BCUT2D eigenvalue weighted by atomic mass is 32.2. The van der Waals surface area contributed by atoms with Crippen molar-refractivity contribution >= 4 is 32.9 Å². The number of rotatable bonds is 5. The number of nitrogens with one attached hydrogen (secondary N) is 1. The van der Waals surface area contributed by atoms with E-state index in [1.807, 2.05) is 18.4 Å². The molecule has 0 spiro atoms. The topological polar surface area (TPSA) is 145 Å². The summed E-state index contributed by atoms with van der Waals surface area (Å²) >= 11 is 0. The van der Waals surface area contributed by atoms with E-state index in [0.29, 0.717) is 61.1 Å². The highest BCUT2D eigenvalue weighted by molar-refractivity contribution is 7.91. The number of aryl methyl sites for hydroxylation is 2. The quantitative estimate of drug-likeness (QED) is 0.562. The molecule has 1 amide bonds. The number of amides is 1. The molecule has 0 bridgehead atoms. The summed E-state index contributed by atoms with van der Waals surface area (Å²) in [7, 11) is -3.10. The molecule has 2 saturated heterocycles. The van der Waals surface area contributed by atoms with E-state index in [1.165, 1.54) is 6.33 Å². The van der Waals surface area contributed by atoms with Crippen molar-refractivity contribution in [2.24, 2.45) is 0 Å². The van der Waals surface area contributed by atoms with Gasteiger partial charge < -0.3 is 19.5 Å². The molecule has 180 valence electrons. The molecule has 3 aromatic heterocycles. The normalized spacial score (nSPS) is 21.8. The van der Waals surface area contributed by atoms with Crippen LogP contribution in [-0.4, -0.2) is 85.6 Å². The Balaban J connectivity index is 1.31. The molecule has 5 heterocycles. The van der Waals surface area contributed by atoms with Gasteiger partial charge in [-0.3, -0.25) is 0 Å². The van der Waals surface area contributed by atoms with Gasteiger partial charge in [-0.15, -0.1) is 0 Å². The first kappa shape index (κ1) is 22.4. The number of nitrogens with zero attached hydrogens (tertiary/aromatic N) is 7. The lowest BCUT2D eigenvalue weighted by Crippen LogP contribution is -2.35. The van der Waals surface area contributed by atoms with E-state index >= 15 is 0 Å². The van der Waals surface area contributed by atoms with E-state index in [2.05, 4.69) is 25.3 Å². The van der Waals surface area contributed by atoms with Crippen molar-refractivity contribution in [1.82, 2.24) is 34.4 Å². The van der Waals surface area contributed by atoms with Gasteiger partial charge in [0, 0.05) is 38.1 Å². The maximum Gasteiger partial charge on any atom is 0.410 e. The zero-order valence-electron chi connectivity index (χ0n) is 19.0. The molecule has 2 fully saturated rings. The predicted molar refractivity (Wildman–Crippen MR) is 124 cm³/mol. The minimum Gasteiger partial charge on any atom is -0.445 e. The Kier molecular flexibility index (Phi) is 5.80. The molecular weight excluding hydrogens is 460 g/mol. The number of anilines is 1. The number of aromatic nitrogens is 6. The molecule has 2 atom stereocenters. The smallest absolute Gasteiger partial charge is 0.410 e. The van der Waals surface area contributed by atoms with E-state index in [-0.39, 0.29) is 17.5 Å². The second kappa shape index (κ2) is 8.78. The van der Waals surface area contributed by atoms with Crippen molar-refractivity contribution in [3.05, 3.63) is 24.5 Å². The summed E-state index contributed by atoms with van der Waals surface area (Å²) in [6, 6.07) is -0.0455. The average Bonchev–Trinajstić information content (AvgIpc) is 3.51. The lowest BCUT2D eigenvalue weighted by atomic mass is 10.2. The van der Waals surface area contributed by atoms with Crippen LogP contribution in [0.1, 0.15) is 25.6 Å². The molecular formula is C21H26N8O4S. The van der Waals surface area contributed by atoms with Gasteiger partial charge in [0.15, 0.2) is 26.8 Å². The van der Waals surface area contributed by atoms with Gasteiger partial charge in [0.2, 0.25) is 0 Å². The summed E-state index contributed by atoms with van der Waals surface area (Å²) in [6.45, 7) is 5.45. The highest BCUT2D eigenvalue weighted by Gasteiger charge is 2.34. The molecule has 2 aliphatic heterocycles. The lowest BCUT2D eigenvalue weighted by Gasteiger charge is -2.19. The fraction of sp³-hybridized carbons (Fsp3) is 0.524. The van der Waals surface area contributed by atoms with Crippen molar-refractivity contribution in [1.29, 1.82) is 0 Å². The minimum absolute atomic E-state index is 0.0455. The second-order valence-corrected chi connectivity index (χ2v) is 10.8. The van der Waals surface area contributed by atoms with Gasteiger partial charge in [-0.2, -0.15) is 0 Å². The van der Waals surface area contributed by atoms with Gasteiger partial charge in [0.05, 0.1) is 17.1 Å². The molecule has 0 aliphatic carbocycles. The van der Waals surface area contributed by atoms with Gasteiger partial charge in [-0.05, 0) is 26.7 Å². The summed E-state index contributed by atoms with van der Waals surface area (Å²) < 4.78 is 30.6.